The molecular formula is C7H12O4. The van der Waals surface area contributed by atoms with Crippen LogP contribution in [-0.4, -0.2) is 36.5 Å². The first-order valence-corrected chi connectivity index (χ1v) is 3.66. The summed E-state index contributed by atoms with van der Waals surface area (Å²) in [6.45, 7) is 2.73. The zero-order valence-corrected chi connectivity index (χ0v) is 6.45. The Morgan fingerprint density at radius 2 is 2.55 bits per heavy atom. The summed E-state index contributed by atoms with van der Waals surface area (Å²) in [5.41, 5.74) is 0. The third kappa shape index (κ3) is 2.48. The average molecular weight is 160 g/mol. The highest BCUT2D eigenvalue weighted by molar-refractivity contribution is 5.71. The maximum Gasteiger partial charge on any atom is 0.332 e. The lowest BCUT2D eigenvalue weighted by Gasteiger charge is -2.12. The van der Waals surface area contributed by atoms with Gasteiger partial charge in [0.15, 0.2) is 6.10 Å². The Balaban J connectivity index is 2.23. The second-order valence-corrected chi connectivity index (χ2v) is 2.60. The topological polar surface area (TPSA) is 55.8 Å². The van der Waals surface area contributed by atoms with Gasteiger partial charge in [-0.2, -0.15) is 0 Å². The molecule has 4 nitrogen and oxygen atoms in total. The molecule has 1 N–H and O–H groups in total. The molecule has 0 unspecified atom stereocenters. The molecule has 0 radical (unpaired) electrons. The van der Waals surface area contributed by atoms with E-state index in [1.807, 2.05) is 0 Å². The Hall–Kier alpha value is -0.610. The number of aliphatic carboxylic acids is 1. The normalized spacial score (nSPS) is 26.8. The monoisotopic (exact) mass is 160 g/mol. The van der Waals surface area contributed by atoms with E-state index in [4.69, 9.17) is 14.6 Å². The average Bonchev–Trinajstić information content (AvgIpc) is 2.39. The van der Waals surface area contributed by atoms with E-state index in [2.05, 4.69) is 0 Å². The second kappa shape index (κ2) is 3.69. The largest absolute Gasteiger partial charge is 0.479 e. The van der Waals surface area contributed by atoms with E-state index in [0.29, 0.717) is 13.2 Å². The Labute approximate surface area is 65.1 Å². The molecule has 1 heterocycles. The molecule has 1 aliphatic rings. The van der Waals surface area contributed by atoms with Crippen molar-refractivity contribution in [1.82, 2.24) is 0 Å². The van der Waals surface area contributed by atoms with Crippen LogP contribution < -0.4 is 0 Å². The fraction of sp³-hybridized carbons (Fsp3) is 0.857. The third-order valence-electron chi connectivity index (χ3n) is 1.63. The van der Waals surface area contributed by atoms with Gasteiger partial charge in [-0.1, -0.05) is 0 Å². The SMILES string of the molecule is C[C@H](O[C@H]1CCOC1)C(=O)O. The molecule has 0 aromatic rings. The zero-order chi connectivity index (χ0) is 8.27. The molecule has 2 atom stereocenters. The smallest absolute Gasteiger partial charge is 0.332 e. The number of hydrogen-bond acceptors (Lipinski definition) is 3. The molecule has 0 bridgehead atoms. The van der Waals surface area contributed by atoms with Crippen LogP contribution in [-0.2, 0) is 14.3 Å². The van der Waals surface area contributed by atoms with Crippen molar-refractivity contribution in [2.24, 2.45) is 0 Å². The highest BCUT2D eigenvalue weighted by Crippen LogP contribution is 2.10. The maximum atomic E-state index is 10.3. The lowest BCUT2D eigenvalue weighted by Crippen LogP contribution is -2.26. The van der Waals surface area contributed by atoms with Crippen molar-refractivity contribution in [1.29, 1.82) is 0 Å². The van der Waals surface area contributed by atoms with Gasteiger partial charge in [-0.3, -0.25) is 0 Å². The first-order valence-electron chi connectivity index (χ1n) is 3.66. The second-order valence-electron chi connectivity index (χ2n) is 2.60. The van der Waals surface area contributed by atoms with Crippen LogP contribution in [0.3, 0.4) is 0 Å². The summed E-state index contributed by atoms with van der Waals surface area (Å²) < 4.78 is 10.2. The van der Waals surface area contributed by atoms with Gasteiger partial charge < -0.3 is 14.6 Å². The summed E-state index contributed by atoms with van der Waals surface area (Å²) in [7, 11) is 0. The van der Waals surface area contributed by atoms with Gasteiger partial charge in [-0.15, -0.1) is 0 Å². The summed E-state index contributed by atoms with van der Waals surface area (Å²) >= 11 is 0. The number of carboxylic acid groups (broad SMARTS) is 1. The minimum absolute atomic E-state index is 0.0268. The molecule has 0 aromatic heterocycles. The predicted octanol–water partition coefficient (Wildman–Crippen LogP) is 0.265. The van der Waals surface area contributed by atoms with Crippen LogP contribution in [0.2, 0.25) is 0 Å². The van der Waals surface area contributed by atoms with E-state index >= 15 is 0 Å². The van der Waals surface area contributed by atoms with E-state index in [1.54, 1.807) is 0 Å². The van der Waals surface area contributed by atoms with Crippen molar-refractivity contribution in [2.75, 3.05) is 13.2 Å². The maximum absolute atomic E-state index is 10.3. The van der Waals surface area contributed by atoms with Gasteiger partial charge in [0.25, 0.3) is 0 Å². The Bertz CT molecular complexity index is 139. The third-order valence-corrected chi connectivity index (χ3v) is 1.63. The number of rotatable bonds is 3. The molecule has 0 amide bonds. The van der Waals surface area contributed by atoms with Crippen LogP contribution in [0.4, 0.5) is 0 Å². The van der Waals surface area contributed by atoms with Crippen LogP contribution in [0.1, 0.15) is 13.3 Å². The fourth-order valence-electron chi connectivity index (χ4n) is 0.967. The molecule has 0 aliphatic carbocycles. The van der Waals surface area contributed by atoms with Gasteiger partial charge in [0.1, 0.15) is 0 Å². The first kappa shape index (κ1) is 8.49. The molecule has 0 saturated carbocycles. The lowest BCUT2D eigenvalue weighted by molar-refractivity contribution is -0.152. The summed E-state index contributed by atoms with van der Waals surface area (Å²) in [6.07, 6.45) is 0.0558. The Morgan fingerprint density at radius 3 is 3.00 bits per heavy atom. The Morgan fingerprint density at radius 1 is 1.82 bits per heavy atom. The molecule has 1 rings (SSSR count). The van der Waals surface area contributed by atoms with Gasteiger partial charge in [-0.05, 0) is 13.3 Å². The van der Waals surface area contributed by atoms with E-state index in [0.717, 1.165) is 6.42 Å². The van der Waals surface area contributed by atoms with Crippen LogP contribution >= 0.6 is 0 Å². The molecule has 1 saturated heterocycles. The highest BCUT2D eigenvalue weighted by Gasteiger charge is 2.21. The summed E-state index contributed by atoms with van der Waals surface area (Å²) in [5.74, 6) is -0.920. The quantitative estimate of drug-likeness (QED) is 0.643. The predicted molar refractivity (Wildman–Crippen MR) is 37.4 cm³/mol. The van der Waals surface area contributed by atoms with Crippen LogP contribution in [0.15, 0.2) is 0 Å². The van der Waals surface area contributed by atoms with Crippen molar-refractivity contribution in [3.63, 3.8) is 0 Å². The minimum Gasteiger partial charge on any atom is -0.479 e. The van der Waals surface area contributed by atoms with Gasteiger partial charge in [-0.25, -0.2) is 4.79 Å². The molecule has 1 fully saturated rings. The number of hydrogen-bond donors (Lipinski definition) is 1. The van der Waals surface area contributed by atoms with Gasteiger partial charge in [0.2, 0.25) is 0 Å². The Kier molecular flexibility index (Phi) is 2.84. The molecule has 1 aliphatic heterocycles. The van der Waals surface area contributed by atoms with Crippen molar-refractivity contribution >= 4 is 5.97 Å². The molecular weight excluding hydrogens is 148 g/mol. The van der Waals surface area contributed by atoms with Gasteiger partial charge >= 0.3 is 5.97 Å². The molecule has 0 aromatic carbocycles. The van der Waals surface area contributed by atoms with Gasteiger partial charge in [0, 0.05) is 6.61 Å². The fourth-order valence-corrected chi connectivity index (χ4v) is 0.967. The molecule has 4 heteroatoms. The van der Waals surface area contributed by atoms with E-state index in [-0.39, 0.29) is 6.10 Å². The summed E-state index contributed by atoms with van der Waals surface area (Å²) in [6, 6.07) is 0. The van der Waals surface area contributed by atoms with Crippen LogP contribution in [0, 0.1) is 0 Å². The minimum atomic E-state index is -0.920. The van der Waals surface area contributed by atoms with Crippen molar-refractivity contribution in [3.8, 4) is 0 Å². The van der Waals surface area contributed by atoms with Crippen LogP contribution in [0.25, 0.3) is 0 Å². The van der Waals surface area contributed by atoms with Crippen molar-refractivity contribution in [3.05, 3.63) is 0 Å². The highest BCUT2D eigenvalue weighted by atomic mass is 16.6. The number of carbonyl (C=O) groups is 1. The molecule has 11 heavy (non-hydrogen) atoms. The van der Waals surface area contributed by atoms with Gasteiger partial charge in [0.05, 0.1) is 12.7 Å². The number of ether oxygens (including phenoxy) is 2. The van der Waals surface area contributed by atoms with Crippen molar-refractivity contribution < 1.29 is 19.4 Å². The molecule has 64 valence electrons. The van der Waals surface area contributed by atoms with Crippen LogP contribution in [0.5, 0.6) is 0 Å². The first-order chi connectivity index (χ1) is 5.20. The zero-order valence-electron chi connectivity index (χ0n) is 6.45. The summed E-state index contributed by atoms with van der Waals surface area (Å²) in [4.78, 5) is 10.3. The van der Waals surface area contributed by atoms with E-state index < -0.39 is 12.1 Å². The lowest BCUT2D eigenvalue weighted by atomic mass is 10.3. The summed E-state index contributed by atoms with van der Waals surface area (Å²) in [5, 5.41) is 8.48. The van der Waals surface area contributed by atoms with Crippen molar-refractivity contribution in [2.45, 2.75) is 25.6 Å². The molecule has 0 spiro atoms. The van der Waals surface area contributed by atoms with E-state index in [1.165, 1.54) is 6.92 Å². The standard InChI is InChI=1S/C7H12O4/c1-5(7(8)9)11-6-2-3-10-4-6/h5-6H,2-4H2,1H3,(H,8,9)/t5-,6-/m0/s1. The number of carboxylic acids is 1. The van der Waals surface area contributed by atoms with E-state index in [9.17, 15) is 4.79 Å².